The fourth-order valence-corrected chi connectivity index (χ4v) is 6.22. The summed E-state index contributed by atoms with van der Waals surface area (Å²) in [6.45, 7) is 5.87. The maximum absolute atomic E-state index is 6.09. The van der Waals surface area contributed by atoms with Crippen molar-refractivity contribution in [3.63, 3.8) is 0 Å². The minimum absolute atomic E-state index is 0.509. The summed E-state index contributed by atoms with van der Waals surface area (Å²) in [6, 6.07) is 6.86. The summed E-state index contributed by atoms with van der Waals surface area (Å²) in [4.78, 5) is 0. The van der Waals surface area contributed by atoms with E-state index < -0.39 is 0 Å². The summed E-state index contributed by atoms with van der Waals surface area (Å²) in [7, 11) is 0. The highest BCUT2D eigenvalue weighted by molar-refractivity contribution is 5.37. The summed E-state index contributed by atoms with van der Waals surface area (Å²) in [5.74, 6) is 4.79. The first-order valence-corrected chi connectivity index (χ1v) is 12.2. The predicted molar refractivity (Wildman–Crippen MR) is 120 cm³/mol. The van der Waals surface area contributed by atoms with E-state index >= 15 is 0 Å². The summed E-state index contributed by atoms with van der Waals surface area (Å²) in [5.41, 5.74) is 3.13. The Labute approximate surface area is 178 Å². The molecule has 0 spiro atoms. The van der Waals surface area contributed by atoms with Crippen LogP contribution < -0.4 is 4.74 Å². The Bertz CT molecular complexity index is 679. The predicted octanol–water partition coefficient (Wildman–Crippen LogP) is 6.76. The lowest BCUT2D eigenvalue weighted by atomic mass is 9.62. The Morgan fingerprint density at radius 2 is 1.72 bits per heavy atom. The second kappa shape index (κ2) is 10.2. The summed E-state index contributed by atoms with van der Waals surface area (Å²) in [6.07, 6.45) is 18.1. The largest absolute Gasteiger partial charge is 0.494 e. The number of hydrogen-bond donors (Lipinski definition) is 0. The van der Waals surface area contributed by atoms with Crippen LogP contribution in [0, 0.1) is 23.7 Å². The molecule has 1 aromatic carbocycles. The second-order valence-corrected chi connectivity index (χ2v) is 9.71. The molecule has 0 amide bonds. The van der Waals surface area contributed by atoms with Crippen LogP contribution in [0.3, 0.4) is 0 Å². The number of benzene rings is 1. The van der Waals surface area contributed by atoms with Crippen LogP contribution in [-0.2, 0) is 17.6 Å². The monoisotopic (exact) mass is 396 g/mol. The molecule has 0 aromatic heterocycles. The van der Waals surface area contributed by atoms with Crippen LogP contribution in [0.25, 0.3) is 0 Å². The van der Waals surface area contributed by atoms with E-state index in [0.717, 1.165) is 49.1 Å². The van der Waals surface area contributed by atoms with E-state index in [1.54, 1.807) is 11.1 Å². The van der Waals surface area contributed by atoms with Crippen LogP contribution >= 0.6 is 0 Å². The lowest BCUT2D eigenvalue weighted by molar-refractivity contribution is -0.0138. The third-order valence-electron chi connectivity index (χ3n) is 7.85. The van der Waals surface area contributed by atoms with Gasteiger partial charge in [0.15, 0.2) is 0 Å². The first kappa shape index (κ1) is 21.0. The highest BCUT2D eigenvalue weighted by Gasteiger charge is 2.38. The van der Waals surface area contributed by atoms with Crippen LogP contribution in [0.5, 0.6) is 5.75 Å². The van der Waals surface area contributed by atoms with Gasteiger partial charge in [-0.2, -0.15) is 0 Å². The van der Waals surface area contributed by atoms with Gasteiger partial charge in [-0.1, -0.05) is 25.1 Å². The quantitative estimate of drug-likeness (QED) is 0.474. The van der Waals surface area contributed by atoms with Crippen molar-refractivity contribution in [3.8, 4) is 5.75 Å². The van der Waals surface area contributed by atoms with Crippen molar-refractivity contribution in [1.82, 2.24) is 0 Å². The van der Waals surface area contributed by atoms with Gasteiger partial charge in [0, 0.05) is 0 Å². The van der Waals surface area contributed by atoms with Crippen molar-refractivity contribution in [2.24, 2.45) is 23.7 Å². The molecule has 1 aromatic rings. The summed E-state index contributed by atoms with van der Waals surface area (Å²) >= 11 is 0. The number of fused-ring (bicyclic) bond motifs is 2. The standard InChI is InChI=1S/C27H40O2/c1-3-5-15-29-27-13-11-23-17-21(7-9-25(23)19-27)20-6-8-24-18-26(28-14-4-2)12-10-22(24)16-20/h3,5,10,12,18,20-21,23,25,27H,4,6-9,11,13-17,19H2,1-2H3/t20?,21?,23-,25?,27-/m1/s1. The Morgan fingerprint density at radius 3 is 2.55 bits per heavy atom. The van der Waals surface area contributed by atoms with Crippen LogP contribution in [0.4, 0.5) is 0 Å². The van der Waals surface area contributed by atoms with Crippen molar-refractivity contribution in [2.75, 3.05) is 13.2 Å². The van der Waals surface area contributed by atoms with Crippen molar-refractivity contribution in [1.29, 1.82) is 0 Å². The van der Waals surface area contributed by atoms with E-state index in [1.165, 1.54) is 57.8 Å². The molecule has 0 saturated heterocycles. The van der Waals surface area contributed by atoms with Crippen molar-refractivity contribution in [3.05, 3.63) is 41.5 Å². The third-order valence-corrected chi connectivity index (χ3v) is 7.85. The Morgan fingerprint density at radius 1 is 0.931 bits per heavy atom. The van der Waals surface area contributed by atoms with Crippen LogP contribution in [0.15, 0.2) is 30.4 Å². The molecular formula is C27H40O2. The molecule has 3 unspecified atom stereocenters. The van der Waals surface area contributed by atoms with Crippen molar-refractivity contribution >= 4 is 0 Å². The zero-order valence-corrected chi connectivity index (χ0v) is 18.6. The van der Waals surface area contributed by atoms with Gasteiger partial charge < -0.3 is 9.47 Å². The van der Waals surface area contributed by atoms with Gasteiger partial charge in [-0.3, -0.25) is 0 Å². The summed E-state index contributed by atoms with van der Waals surface area (Å²) < 4.78 is 11.9. The molecule has 2 fully saturated rings. The zero-order valence-electron chi connectivity index (χ0n) is 18.6. The van der Waals surface area contributed by atoms with Gasteiger partial charge in [0.25, 0.3) is 0 Å². The lowest BCUT2D eigenvalue weighted by Crippen LogP contribution is -2.37. The molecule has 2 saturated carbocycles. The number of aryl methyl sites for hydroxylation is 1. The SMILES string of the molecule is CC=CCO[C@@H]1CC[C@@H]2CC(C3CCc4cc(OCCC)ccc4C3)CCC2C1. The molecule has 0 aliphatic heterocycles. The van der Waals surface area contributed by atoms with E-state index in [9.17, 15) is 0 Å². The molecule has 3 aliphatic carbocycles. The number of hydrogen-bond acceptors (Lipinski definition) is 2. The zero-order chi connectivity index (χ0) is 20.1. The molecule has 3 aliphatic rings. The minimum Gasteiger partial charge on any atom is -0.494 e. The lowest BCUT2D eigenvalue weighted by Gasteiger charge is -2.44. The average Bonchev–Trinajstić information content (AvgIpc) is 2.77. The average molecular weight is 397 g/mol. The van der Waals surface area contributed by atoms with Gasteiger partial charge in [-0.25, -0.2) is 0 Å². The highest BCUT2D eigenvalue weighted by atomic mass is 16.5. The molecule has 0 bridgehead atoms. The van der Waals surface area contributed by atoms with Crippen molar-refractivity contribution in [2.45, 2.75) is 84.2 Å². The molecule has 4 rings (SSSR count). The molecule has 0 N–H and O–H groups in total. The topological polar surface area (TPSA) is 18.5 Å². The van der Waals surface area contributed by atoms with Gasteiger partial charge in [0.05, 0.1) is 19.3 Å². The fourth-order valence-electron chi connectivity index (χ4n) is 6.22. The smallest absolute Gasteiger partial charge is 0.119 e. The van der Waals surface area contributed by atoms with E-state index in [0.29, 0.717) is 6.10 Å². The second-order valence-electron chi connectivity index (χ2n) is 9.71. The maximum atomic E-state index is 6.09. The highest BCUT2D eigenvalue weighted by Crippen LogP contribution is 2.47. The third kappa shape index (κ3) is 5.26. The molecule has 5 atom stereocenters. The number of allylic oxidation sites excluding steroid dienone is 1. The Balaban J connectivity index is 1.29. The molecule has 29 heavy (non-hydrogen) atoms. The first-order chi connectivity index (χ1) is 14.3. The minimum atomic E-state index is 0.509. The van der Waals surface area contributed by atoms with E-state index in [4.69, 9.17) is 9.47 Å². The van der Waals surface area contributed by atoms with Crippen LogP contribution in [-0.4, -0.2) is 19.3 Å². The summed E-state index contributed by atoms with van der Waals surface area (Å²) in [5, 5.41) is 0. The van der Waals surface area contributed by atoms with Gasteiger partial charge in [-0.05, 0) is 118 Å². The maximum Gasteiger partial charge on any atom is 0.119 e. The van der Waals surface area contributed by atoms with E-state index in [1.807, 2.05) is 0 Å². The van der Waals surface area contributed by atoms with Gasteiger partial charge in [0.2, 0.25) is 0 Å². The molecule has 2 heteroatoms. The first-order valence-electron chi connectivity index (χ1n) is 12.2. The number of ether oxygens (including phenoxy) is 2. The normalized spacial score (nSPS) is 32.0. The molecule has 0 heterocycles. The van der Waals surface area contributed by atoms with Crippen LogP contribution in [0.2, 0.25) is 0 Å². The van der Waals surface area contributed by atoms with Gasteiger partial charge in [0.1, 0.15) is 5.75 Å². The molecule has 2 nitrogen and oxygen atoms in total. The molecular weight excluding hydrogens is 356 g/mol. The van der Waals surface area contributed by atoms with E-state index in [2.05, 4.69) is 44.2 Å². The number of rotatable bonds is 7. The van der Waals surface area contributed by atoms with E-state index in [-0.39, 0.29) is 0 Å². The molecule has 0 radical (unpaired) electrons. The Kier molecular flexibility index (Phi) is 7.34. The van der Waals surface area contributed by atoms with Crippen LogP contribution in [0.1, 0.15) is 76.3 Å². The Hall–Kier alpha value is -1.28. The van der Waals surface area contributed by atoms with Gasteiger partial charge >= 0.3 is 0 Å². The van der Waals surface area contributed by atoms with Gasteiger partial charge in [-0.15, -0.1) is 0 Å². The fraction of sp³-hybridized carbons (Fsp3) is 0.704. The van der Waals surface area contributed by atoms with Crippen molar-refractivity contribution < 1.29 is 9.47 Å². The molecule has 160 valence electrons.